The van der Waals surface area contributed by atoms with E-state index in [1.54, 1.807) is 0 Å². The van der Waals surface area contributed by atoms with Crippen molar-refractivity contribution in [1.82, 2.24) is 0 Å². The Kier molecular flexibility index (Phi) is 5.23. The third-order valence-electron chi connectivity index (χ3n) is 4.07. The van der Waals surface area contributed by atoms with E-state index in [9.17, 15) is 5.11 Å². The van der Waals surface area contributed by atoms with Crippen LogP contribution in [0.1, 0.15) is 44.3 Å². The van der Waals surface area contributed by atoms with Crippen LogP contribution < -0.4 is 10.5 Å². The summed E-state index contributed by atoms with van der Waals surface area (Å²) >= 11 is 0. The van der Waals surface area contributed by atoms with Crippen molar-refractivity contribution in [2.24, 2.45) is 17.6 Å². The topological polar surface area (TPSA) is 55.5 Å². The first-order valence-corrected chi connectivity index (χ1v) is 7.31. The highest BCUT2D eigenvalue weighted by molar-refractivity contribution is 5.30. The second-order valence-corrected chi connectivity index (χ2v) is 5.69. The third kappa shape index (κ3) is 3.95. The molecule has 0 amide bonds. The van der Waals surface area contributed by atoms with Gasteiger partial charge in [0.1, 0.15) is 5.75 Å². The molecule has 1 unspecified atom stereocenters. The van der Waals surface area contributed by atoms with E-state index >= 15 is 0 Å². The molecule has 3 heteroatoms. The van der Waals surface area contributed by atoms with Gasteiger partial charge in [0.2, 0.25) is 0 Å². The van der Waals surface area contributed by atoms with E-state index in [4.69, 9.17) is 10.5 Å². The molecule has 3 nitrogen and oxygen atoms in total. The predicted octanol–water partition coefficient (Wildman–Crippen LogP) is 2.88. The summed E-state index contributed by atoms with van der Waals surface area (Å²) in [5.74, 6) is 1.62. The molecule has 3 N–H and O–H groups in total. The Bertz CT molecular complexity index is 388. The SMILES string of the molecule is C[C@H](CN)C(O)c1cccc(OCC2CCCC2)c1. The molecule has 1 aliphatic carbocycles. The fourth-order valence-corrected chi connectivity index (χ4v) is 2.64. The molecule has 1 aliphatic rings. The Hall–Kier alpha value is -1.06. The minimum atomic E-state index is -0.514. The third-order valence-corrected chi connectivity index (χ3v) is 4.07. The van der Waals surface area contributed by atoms with Gasteiger partial charge in [0.15, 0.2) is 0 Å². The molecule has 106 valence electrons. The van der Waals surface area contributed by atoms with Gasteiger partial charge in [-0.3, -0.25) is 0 Å². The van der Waals surface area contributed by atoms with Gasteiger partial charge in [0, 0.05) is 0 Å². The van der Waals surface area contributed by atoms with Crippen molar-refractivity contribution in [1.29, 1.82) is 0 Å². The molecule has 1 saturated carbocycles. The van der Waals surface area contributed by atoms with Crippen molar-refractivity contribution in [2.45, 2.75) is 38.7 Å². The molecule has 2 rings (SSSR count). The smallest absolute Gasteiger partial charge is 0.119 e. The fraction of sp³-hybridized carbons (Fsp3) is 0.625. The van der Waals surface area contributed by atoms with Crippen LogP contribution in [-0.2, 0) is 0 Å². The maximum absolute atomic E-state index is 10.2. The van der Waals surface area contributed by atoms with E-state index in [-0.39, 0.29) is 5.92 Å². The number of ether oxygens (including phenoxy) is 1. The number of benzene rings is 1. The highest BCUT2D eigenvalue weighted by Crippen LogP contribution is 2.27. The van der Waals surface area contributed by atoms with E-state index in [0.717, 1.165) is 17.9 Å². The lowest BCUT2D eigenvalue weighted by Crippen LogP contribution is -2.18. The zero-order valence-corrected chi connectivity index (χ0v) is 11.7. The standard InChI is InChI=1S/C16H25NO2/c1-12(10-17)16(18)14-7-4-8-15(9-14)19-11-13-5-2-3-6-13/h4,7-9,12-13,16,18H,2-3,5-6,10-11,17H2,1H3/t12-,16?/m1/s1. The van der Waals surface area contributed by atoms with Crippen LogP contribution in [0.2, 0.25) is 0 Å². The van der Waals surface area contributed by atoms with Crippen LogP contribution >= 0.6 is 0 Å². The monoisotopic (exact) mass is 263 g/mol. The Morgan fingerprint density at radius 2 is 2.11 bits per heavy atom. The Labute approximate surface area is 115 Å². The number of aliphatic hydroxyl groups excluding tert-OH is 1. The molecule has 19 heavy (non-hydrogen) atoms. The van der Waals surface area contributed by atoms with E-state index in [1.807, 2.05) is 31.2 Å². The van der Waals surface area contributed by atoms with Crippen molar-refractivity contribution >= 4 is 0 Å². The summed E-state index contributed by atoms with van der Waals surface area (Å²) in [6.45, 7) is 3.23. The van der Waals surface area contributed by atoms with E-state index in [1.165, 1.54) is 25.7 Å². The van der Waals surface area contributed by atoms with Crippen molar-refractivity contribution in [3.8, 4) is 5.75 Å². The average molecular weight is 263 g/mol. The lowest BCUT2D eigenvalue weighted by atomic mass is 9.97. The first-order valence-electron chi connectivity index (χ1n) is 7.31. The summed E-state index contributed by atoms with van der Waals surface area (Å²) < 4.78 is 5.85. The van der Waals surface area contributed by atoms with Gasteiger partial charge in [0.25, 0.3) is 0 Å². The lowest BCUT2D eigenvalue weighted by molar-refractivity contribution is 0.121. The number of nitrogens with two attached hydrogens (primary N) is 1. The van der Waals surface area contributed by atoms with Crippen LogP contribution in [0.15, 0.2) is 24.3 Å². The maximum Gasteiger partial charge on any atom is 0.119 e. The zero-order chi connectivity index (χ0) is 13.7. The summed E-state index contributed by atoms with van der Waals surface area (Å²) in [4.78, 5) is 0. The van der Waals surface area contributed by atoms with Crippen LogP contribution in [0.25, 0.3) is 0 Å². The summed E-state index contributed by atoms with van der Waals surface area (Å²) in [5, 5.41) is 10.2. The van der Waals surface area contributed by atoms with Crippen molar-refractivity contribution < 1.29 is 9.84 Å². The van der Waals surface area contributed by atoms with Crippen LogP contribution in [0.3, 0.4) is 0 Å². The second kappa shape index (κ2) is 6.92. The molecule has 0 aliphatic heterocycles. The number of hydrogen-bond acceptors (Lipinski definition) is 3. The number of aliphatic hydroxyl groups is 1. The Morgan fingerprint density at radius 1 is 1.37 bits per heavy atom. The van der Waals surface area contributed by atoms with Gasteiger partial charge in [-0.1, -0.05) is 31.9 Å². The zero-order valence-electron chi connectivity index (χ0n) is 11.7. The molecule has 0 bridgehead atoms. The molecular weight excluding hydrogens is 238 g/mol. The van der Waals surface area contributed by atoms with Gasteiger partial charge in [-0.05, 0) is 48.9 Å². The van der Waals surface area contributed by atoms with Crippen LogP contribution in [0.4, 0.5) is 0 Å². The van der Waals surface area contributed by atoms with Crippen LogP contribution in [0, 0.1) is 11.8 Å². The molecule has 1 aromatic rings. The highest BCUT2D eigenvalue weighted by Gasteiger charge is 2.17. The first-order chi connectivity index (χ1) is 9.20. The normalized spacial score (nSPS) is 19.3. The molecule has 0 radical (unpaired) electrons. The minimum absolute atomic E-state index is 0.0603. The molecule has 0 saturated heterocycles. The molecular formula is C16H25NO2. The Balaban J connectivity index is 1.94. The minimum Gasteiger partial charge on any atom is -0.493 e. The molecule has 2 atom stereocenters. The van der Waals surface area contributed by atoms with Gasteiger partial charge < -0.3 is 15.6 Å². The lowest BCUT2D eigenvalue weighted by Gasteiger charge is -2.18. The molecule has 1 fully saturated rings. The predicted molar refractivity (Wildman–Crippen MR) is 77.1 cm³/mol. The molecule has 0 spiro atoms. The first kappa shape index (κ1) is 14.4. The van der Waals surface area contributed by atoms with Gasteiger partial charge >= 0.3 is 0 Å². The second-order valence-electron chi connectivity index (χ2n) is 5.69. The van der Waals surface area contributed by atoms with E-state index in [0.29, 0.717) is 12.5 Å². The molecule has 0 heterocycles. The van der Waals surface area contributed by atoms with E-state index in [2.05, 4.69) is 0 Å². The highest BCUT2D eigenvalue weighted by atomic mass is 16.5. The van der Waals surface area contributed by atoms with Gasteiger partial charge in [-0.25, -0.2) is 0 Å². The maximum atomic E-state index is 10.2. The van der Waals surface area contributed by atoms with Gasteiger partial charge in [-0.15, -0.1) is 0 Å². The molecule has 0 aromatic heterocycles. The summed E-state index contributed by atoms with van der Waals surface area (Å²) in [6.07, 6.45) is 4.72. The van der Waals surface area contributed by atoms with Gasteiger partial charge in [-0.2, -0.15) is 0 Å². The van der Waals surface area contributed by atoms with Crippen molar-refractivity contribution in [3.63, 3.8) is 0 Å². The summed E-state index contributed by atoms with van der Waals surface area (Å²) in [5.41, 5.74) is 6.49. The quantitative estimate of drug-likeness (QED) is 0.829. The Morgan fingerprint density at radius 3 is 2.79 bits per heavy atom. The average Bonchev–Trinajstić information content (AvgIpc) is 2.97. The van der Waals surface area contributed by atoms with Crippen molar-refractivity contribution in [3.05, 3.63) is 29.8 Å². The fourth-order valence-electron chi connectivity index (χ4n) is 2.64. The van der Waals surface area contributed by atoms with E-state index < -0.39 is 6.10 Å². The summed E-state index contributed by atoms with van der Waals surface area (Å²) in [6, 6.07) is 7.76. The molecule has 1 aromatic carbocycles. The summed E-state index contributed by atoms with van der Waals surface area (Å²) in [7, 11) is 0. The van der Waals surface area contributed by atoms with Gasteiger partial charge in [0.05, 0.1) is 12.7 Å². The van der Waals surface area contributed by atoms with Crippen LogP contribution in [0.5, 0.6) is 5.75 Å². The van der Waals surface area contributed by atoms with Crippen molar-refractivity contribution in [2.75, 3.05) is 13.2 Å². The van der Waals surface area contributed by atoms with Crippen LogP contribution in [-0.4, -0.2) is 18.3 Å². The number of hydrogen-bond donors (Lipinski definition) is 2. The largest absolute Gasteiger partial charge is 0.493 e. The number of rotatable bonds is 6.